The molecule has 0 bridgehead atoms. The molecular formula is C42H37Cl2N8O6S2+. The minimum Gasteiger partial charge on any atom is -0.494 e. The van der Waals surface area contributed by atoms with Crippen molar-refractivity contribution in [2.75, 3.05) is 31.1 Å². The van der Waals surface area contributed by atoms with E-state index in [1.54, 1.807) is 124 Å². The number of benzene rings is 2. The normalized spacial score (nSPS) is 13.3. The number of fused-ring (bicyclic) bond motifs is 2. The summed E-state index contributed by atoms with van der Waals surface area (Å²) in [5, 5.41) is 31.2. The van der Waals surface area contributed by atoms with Crippen LogP contribution in [0.25, 0.3) is 22.5 Å². The third-order valence-electron chi connectivity index (χ3n) is 9.37. The Kier molecular flexibility index (Phi) is 13.2. The predicted molar refractivity (Wildman–Crippen MR) is 235 cm³/mol. The number of halogens is 2. The first-order chi connectivity index (χ1) is 29.0. The van der Waals surface area contributed by atoms with Crippen LogP contribution in [-0.2, 0) is 16.1 Å². The molecule has 0 fully saturated rings. The van der Waals surface area contributed by atoms with Crippen molar-refractivity contribution < 1.29 is 34.0 Å². The second-order valence-electron chi connectivity index (χ2n) is 13.3. The molecule has 0 atom stereocenters. The van der Waals surface area contributed by atoms with Crippen LogP contribution in [0, 0.1) is 0 Å². The second kappa shape index (κ2) is 18.9. The highest BCUT2D eigenvalue weighted by molar-refractivity contribution is 8.76. The molecule has 2 aromatic carbocycles. The lowest BCUT2D eigenvalue weighted by Gasteiger charge is -2.06. The van der Waals surface area contributed by atoms with Gasteiger partial charge in [0, 0.05) is 52.3 Å². The van der Waals surface area contributed by atoms with Gasteiger partial charge in [-0.05, 0) is 60.2 Å². The van der Waals surface area contributed by atoms with Crippen molar-refractivity contribution in [3.8, 4) is 34.3 Å². The smallest absolute Gasteiger partial charge is 0.286 e. The van der Waals surface area contributed by atoms with Crippen LogP contribution in [0.2, 0.25) is 10.0 Å². The number of allylic oxidation sites excluding steroid dienone is 3. The summed E-state index contributed by atoms with van der Waals surface area (Å²) in [6.45, 7) is 2.83. The van der Waals surface area contributed by atoms with E-state index in [1.165, 1.54) is 0 Å². The quantitative estimate of drug-likeness (QED) is 0.0254. The van der Waals surface area contributed by atoms with Gasteiger partial charge in [-0.2, -0.15) is 4.57 Å². The molecule has 2 aliphatic heterocycles. The Hall–Kier alpha value is -6.07. The van der Waals surface area contributed by atoms with Gasteiger partial charge in [-0.15, -0.1) is 0 Å². The first-order valence-corrected chi connectivity index (χ1v) is 21.8. The number of aromatic nitrogens is 3. The Morgan fingerprint density at radius 3 is 1.85 bits per heavy atom. The number of nitrogens with one attached hydrogen (secondary N) is 5. The van der Waals surface area contributed by atoms with E-state index in [2.05, 4.69) is 35.9 Å². The highest BCUT2D eigenvalue weighted by Crippen LogP contribution is 2.39. The zero-order valence-electron chi connectivity index (χ0n) is 31.8. The molecule has 0 aliphatic carbocycles. The summed E-state index contributed by atoms with van der Waals surface area (Å²) < 4.78 is 1.71. The monoisotopic (exact) mass is 883 g/mol. The van der Waals surface area contributed by atoms with Gasteiger partial charge < -0.3 is 36.1 Å². The molecule has 0 unspecified atom stereocenters. The van der Waals surface area contributed by atoms with Gasteiger partial charge in [-0.3, -0.25) is 19.2 Å². The number of aliphatic imine (C=N–C) groups is 2. The van der Waals surface area contributed by atoms with Crippen LogP contribution in [0.1, 0.15) is 44.3 Å². The van der Waals surface area contributed by atoms with E-state index < -0.39 is 11.8 Å². The number of pyridine rings is 1. The van der Waals surface area contributed by atoms with Crippen LogP contribution < -0.4 is 20.5 Å². The van der Waals surface area contributed by atoms with Gasteiger partial charge in [-0.25, -0.2) is 9.98 Å². The number of carbonyl (C=O) groups excluding carboxylic acids is 4. The topological polar surface area (TPSA) is 205 Å². The second-order valence-corrected chi connectivity index (χ2v) is 16.9. The summed E-state index contributed by atoms with van der Waals surface area (Å²) in [5.41, 5.74) is 5.41. The molecule has 0 saturated heterocycles. The average Bonchev–Trinajstić information content (AvgIpc) is 3.98. The van der Waals surface area contributed by atoms with Crippen molar-refractivity contribution in [1.29, 1.82) is 0 Å². The summed E-state index contributed by atoms with van der Waals surface area (Å²) >= 11 is 12.0. The number of H-pyrrole nitrogens is 2. The maximum Gasteiger partial charge on any atom is 0.286 e. The number of amides is 4. The van der Waals surface area contributed by atoms with Gasteiger partial charge in [0.2, 0.25) is 12.5 Å². The lowest BCUT2D eigenvalue weighted by Crippen LogP contribution is -2.43. The molecule has 0 saturated carbocycles. The standard InChI is InChI=1S/C42H36Cl2N8O6S2/c1-2-23(35-31-32(40(56)48-35)36(49-39(31)55)24-3-7-27(43)8-4-24)11-14-45-21-29(53)46-15-19-59-60-20-16-47-30(54)22-52-17-12-26(13-18-52)38-34-33(41(57)51-38)37(50-42(34)58)25-5-9-28(44)10-6-25/h2-14,17-18,45H,15-16,19-22H2,1H3,(H5,46,47,48,49,50,51,53,54,55,56,57,58)/p+1. The lowest BCUT2D eigenvalue weighted by molar-refractivity contribution is -0.684. The number of aromatic hydroxyl groups is 2. The molecule has 5 aromatic rings. The largest absolute Gasteiger partial charge is 0.494 e. The number of carbonyl (C=O) groups is 4. The molecule has 0 radical (unpaired) electrons. The third-order valence-corrected chi connectivity index (χ3v) is 12.3. The van der Waals surface area contributed by atoms with Crippen molar-refractivity contribution >= 4 is 79.8 Å². The molecule has 14 nitrogen and oxygen atoms in total. The van der Waals surface area contributed by atoms with Gasteiger partial charge in [0.15, 0.2) is 24.2 Å². The van der Waals surface area contributed by atoms with Gasteiger partial charge in [0.05, 0.1) is 51.6 Å². The SMILES string of the molecule is CC=C(C=CNCC(=O)NCCSSCCNC(=O)C[n+]1ccc(C2=NC(=O)c3c(-c4ccc(Cl)cc4)[nH]c(O)c32)cc1)C1=NC(=O)c2c(-c3ccc(Cl)cc3)[nH]c(O)c21. The fraction of sp³-hybridized carbons (Fsp3) is 0.167. The van der Waals surface area contributed by atoms with E-state index in [4.69, 9.17) is 23.2 Å². The molecule has 7 rings (SSSR count). The fourth-order valence-electron chi connectivity index (χ4n) is 6.57. The van der Waals surface area contributed by atoms with Gasteiger partial charge >= 0.3 is 0 Å². The van der Waals surface area contributed by atoms with E-state index in [0.717, 1.165) is 0 Å². The first-order valence-electron chi connectivity index (χ1n) is 18.5. The summed E-state index contributed by atoms with van der Waals surface area (Å²) in [7, 11) is 3.16. The van der Waals surface area contributed by atoms with Crippen LogP contribution in [0.5, 0.6) is 11.8 Å². The summed E-state index contributed by atoms with van der Waals surface area (Å²) in [6.07, 6.45) is 8.47. The Labute approximate surface area is 361 Å². The van der Waals surface area contributed by atoms with Crippen LogP contribution in [0.4, 0.5) is 0 Å². The van der Waals surface area contributed by atoms with Crippen molar-refractivity contribution in [1.82, 2.24) is 25.9 Å². The van der Waals surface area contributed by atoms with Crippen LogP contribution in [0.15, 0.2) is 107 Å². The van der Waals surface area contributed by atoms with E-state index >= 15 is 0 Å². The van der Waals surface area contributed by atoms with Crippen LogP contribution in [0.3, 0.4) is 0 Å². The first kappa shape index (κ1) is 42.1. The van der Waals surface area contributed by atoms with Gasteiger partial charge in [0.25, 0.3) is 17.7 Å². The number of hydrogen-bond donors (Lipinski definition) is 7. The summed E-state index contributed by atoms with van der Waals surface area (Å²) in [4.78, 5) is 64.9. The van der Waals surface area contributed by atoms with Crippen molar-refractivity contribution in [3.05, 3.63) is 135 Å². The summed E-state index contributed by atoms with van der Waals surface area (Å²) in [5.74, 6) is -0.277. The van der Waals surface area contributed by atoms with Gasteiger partial charge in [-0.1, -0.05) is 75.1 Å². The maximum absolute atomic E-state index is 12.9. The minimum atomic E-state index is -0.469. The van der Waals surface area contributed by atoms with Crippen LogP contribution in [-0.4, -0.2) is 86.4 Å². The molecule has 0 spiro atoms. The van der Waals surface area contributed by atoms with Crippen molar-refractivity contribution in [3.63, 3.8) is 0 Å². The van der Waals surface area contributed by atoms with Crippen molar-refractivity contribution in [2.24, 2.45) is 9.98 Å². The highest BCUT2D eigenvalue weighted by atomic mass is 35.5. The molecule has 4 amide bonds. The molecule has 60 heavy (non-hydrogen) atoms. The number of hydrogen-bond acceptors (Lipinski definition) is 9. The molecule has 7 N–H and O–H groups in total. The number of nitrogens with zero attached hydrogens (tertiary/aromatic N) is 3. The molecule has 2 aliphatic rings. The zero-order valence-corrected chi connectivity index (χ0v) is 35.0. The molecule has 5 heterocycles. The van der Waals surface area contributed by atoms with E-state index in [-0.39, 0.29) is 42.2 Å². The fourth-order valence-corrected chi connectivity index (χ4v) is 8.64. The molecule has 3 aromatic heterocycles. The number of aromatic amines is 2. The molecular weight excluding hydrogens is 848 g/mol. The van der Waals surface area contributed by atoms with Gasteiger partial charge in [0.1, 0.15) is 0 Å². The lowest BCUT2D eigenvalue weighted by atomic mass is 10.00. The predicted octanol–water partition coefficient (Wildman–Crippen LogP) is 5.98. The van der Waals surface area contributed by atoms with Crippen LogP contribution >= 0.6 is 44.8 Å². The van der Waals surface area contributed by atoms with E-state index in [0.29, 0.717) is 96.4 Å². The minimum absolute atomic E-state index is 0.0304. The average molecular weight is 885 g/mol. The molecule has 18 heteroatoms. The Morgan fingerprint density at radius 1 is 0.733 bits per heavy atom. The Balaban J connectivity index is 0.775. The Morgan fingerprint density at radius 2 is 1.27 bits per heavy atom. The third kappa shape index (κ3) is 9.37. The highest BCUT2D eigenvalue weighted by Gasteiger charge is 2.35. The summed E-state index contributed by atoms with van der Waals surface area (Å²) in [6, 6.07) is 17.3. The Bertz CT molecular complexity index is 2600. The van der Waals surface area contributed by atoms with E-state index in [9.17, 15) is 29.4 Å². The number of rotatable bonds is 17. The van der Waals surface area contributed by atoms with Crippen molar-refractivity contribution in [2.45, 2.75) is 13.5 Å². The maximum atomic E-state index is 12.9. The van der Waals surface area contributed by atoms with E-state index in [1.807, 2.05) is 0 Å². The molecule has 306 valence electrons. The zero-order chi connectivity index (χ0) is 42.3.